The van der Waals surface area contributed by atoms with Gasteiger partial charge in [-0.25, -0.2) is 0 Å². The van der Waals surface area contributed by atoms with Crippen LogP contribution in [0.2, 0.25) is 0 Å². The molecule has 2 fully saturated rings. The minimum absolute atomic E-state index is 0.566. The molecule has 3 rings (SSSR count). The molecule has 1 aromatic carbocycles. The van der Waals surface area contributed by atoms with Gasteiger partial charge in [-0.1, -0.05) is 56.5 Å². The zero-order valence-corrected chi connectivity index (χ0v) is 13.4. The fourth-order valence-corrected chi connectivity index (χ4v) is 4.06. The van der Waals surface area contributed by atoms with E-state index < -0.39 is 0 Å². The van der Waals surface area contributed by atoms with Crippen molar-refractivity contribution < 1.29 is 0 Å². The maximum absolute atomic E-state index is 3.74. The average molecular weight is 286 g/mol. The van der Waals surface area contributed by atoms with Crippen LogP contribution in [0.4, 0.5) is 0 Å². The molecule has 1 saturated carbocycles. The molecule has 2 nitrogen and oxygen atoms in total. The Morgan fingerprint density at radius 1 is 1.10 bits per heavy atom. The number of hydrogen-bond acceptors (Lipinski definition) is 2. The average Bonchev–Trinajstić information content (AvgIpc) is 2.56. The summed E-state index contributed by atoms with van der Waals surface area (Å²) in [7, 11) is 0. The number of piperazine rings is 1. The highest BCUT2D eigenvalue weighted by atomic mass is 15.2. The third-order valence-corrected chi connectivity index (χ3v) is 5.39. The molecule has 2 unspecified atom stereocenters. The Hall–Kier alpha value is -0.860. The van der Waals surface area contributed by atoms with E-state index in [1.54, 1.807) is 0 Å². The van der Waals surface area contributed by atoms with Crippen molar-refractivity contribution in [1.82, 2.24) is 10.2 Å². The molecule has 1 heterocycles. The van der Waals surface area contributed by atoms with E-state index in [1.165, 1.54) is 57.2 Å². The molecule has 0 spiro atoms. The SMILES string of the molecule is CCC1CN(CC2CCCCC2)C(c2ccccc2)CN1. The van der Waals surface area contributed by atoms with E-state index in [4.69, 9.17) is 0 Å². The third-order valence-electron chi connectivity index (χ3n) is 5.39. The second-order valence-electron chi connectivity index (χ2n) is 6.90. The minimum atomic E-state index is 0.566. The maximum Gasteiger partial charge on any atom is 0.0473 e. The predicted molar refractivity (Wildman–Crippen MR) is 89.4 cm³/mol. The molecular formula is C19H30N2. The summed E-state index contributed by atoms with van der Waals surface area (Å²) in [5, 5.41) is 3.74. The molecule has 2 heteroatoms. The molecule has 2 atom stereocenters. The Morgan fingerprint density at radius 2 is 1.86 bits per heavy atom. The van der Waals surface area contributed by atoms with Gasteiger partial charge in [0.15, 0.2) is 0 Å². The summed E-state index contributed by atoms with van der Waals surface area (Å²) in [5.41, 5.74) is 1.48. The van der Waals surface area contributed by atoms with Crippen LogP contribution >= 0.6 is 0 Å². The van der Waals surface area contributed by atoms with Gasteiger partial charge >= 0.3 is 0 Å². The Bertz CT molecular complexity index is 411. The van der Waals surface area contributed by atoms with E-state index >= 15 is 0 Å². The quantitative estimate of drug-likeness (QED) is 0.900. The van der Waals surface area contributed by atoms with Crippen molar-refractivity contribution >= 4 is 0 Å². The lowest BCUT2D eigenvalue weighted by Gasteiger charge is -2.42. The van der Waals surface area contributed by atoms with Gasteiger partial charge in [0.05, 0.1) is 0 Å². The Balaban J connectivity index is 1.70. The fraction of sp³-hybridized carbons (Fsp3) is 0.684. The molecule has 1 aliphatic carbocycles. The van der Waals surface area contributed by atoms with Gasteiger partial charge in [0, 0.05) is 31.7 Å². The highest BCUT2D eigenvalue weighted by molar-refractivity contribution is 5.20. The molecule has 1 saturated heterocycles. The van der Waals surface area contributed by atoms with Gasteiger partial charge in [-0.05, 0) is 30.7 Å². The Kier molecular flexibility index (Phi) is 5.32. The summed E-state index contributed by atoms with van der Waals surface area (Å²) in [6.07, 6.45) is 8.48. The van der Waals surface area contributed by atoms with Crippen molar-refractivity contribution in [2.45, 2.75) is 57.5 Å². The fourth-order valence-electron chi connectivity index (χ4n) is 4.06. The van der Waals surface area contributed by atoms with Gasteiger partial charge in [-0.15, -0.1) is 0 Å². The van der Waals surface area contributed by atoms with Crippen molar-refractivity contribution in [3.8, 4) is 0 Å². The zero-order chi connectivity index (χ0) is 14.5. The number of nitrogens with zero attached hydrogens (tertiary/aromatic N) is 1. The summed E-state index contributed by atoms with van der Waals surface area (Å²) >= 11 is 0. The van der Waals surface area contributed by atoms with E-state index in [-0.39, 0.29) is 0 Å². The Morgan fingerprint density at radius 3 is 2.57 bits per heavy atom. The molecule has 0 amide bonds. The summed E-state index contributed by atoms with van der Waals surface area (Å²) < 4.78 is 0. The van der Waals surface area contributed by atoms with Crippen molar-refractivity contribution in [3.63, 3.8) is 0 Å². The van der Waals surface area contributed by atoms with Crippen molar-refractivity contribution in [2.75, 3.05) is 19.6 Å². The molecule has 1 aliphatic heterocycles. The smallest absolute Gasteiger partial charge is 0.0473 e. The molecule has 2 aliphatic rings. The van der Waals surface area contributed by atoms with Crippen LogP contribution in [0.1, 0.15) is 57.1 Å². The van der Waals surface area contributed by atoms with Gasteiger partial charge in [0.25, 0.3) is 0 Å². The second-order valence-corrected chi connectivity index (χ2v) is 6.90. The minimum Gasteiger partial charge on any atom is -0.311 e. The summed E-state index contributed by atoms with van der Waals surface area (Å²) in [6.45, 7) is 5.93. The van der Waals surface area contributed by atoms with Crippen LogP contribution in [0, 0.1) is 5.92 Å². The van der Waals surface area contributed by atoms with Crippen LogP contribution in [0.5, 0.6) is 0 Å². The largest absolute Gasteiger partial charge is 0.311 e. The monoisotopic (exact) mass is 286 g/mol. The highest BCUT2D eigenvalue weighted by Gasteiger charge is 2.30. The van der Waals surface area contributed by atoms with E-state index in [0.717, 1.165) is 12.5 Å². The van der Waals surface area contributed by atoms with Crippen LogP contribution in [-0.2, 0) is 0 Å². The van der Waals surface area contributed by atoms with Crippen LogP contribution in [0.15, 0.2) is 30.3 Å². The first-order valence-electron chi connectivity index (χ1n) is 8.89. The number of rotatable bonds is 4. The van der Waals surface area contributed by atoms with Gasteiger partial charge in [0.1, 0.15) is 0 Å². The lowest BCUT2D eigenvalue weighted by Crippen LogP contribution is -2.53. The first-order chi connectivity index (χ1) is 10.4. The Labute approximate surface area is 129 Å². The molecule has 1 aromatic rings. The van der Waals surface area contributed by atoms with Gasteiger partial charge in [-0.2, -0.15) is 0 Å². The van der Waals surface area contributed by atoms with Crippen molar-refractivity contribution in [1.29, 1.82) is 0 Å². The van der Waals surface area contributed by atoms with Crippen molar-refractivity contribution in [3.05, 3.63) is 35.9 Å². The molecule has 0 bridgehead atoms. The molecule has 116 valence electrons. The molecule has 0 aromatic heterocycles. The topological polar surface area (TPSA) is 15.3 Å². The van der Waals surface area contributed by atoms with Gasteiger partial charge in [0.2, 0.25) is 0 Å². The maximum atomic E-state index is 3.74. The number of nitrogens with one attached hydrogen (secondary N) is 1. The second kappa shape index (κ2) is 7.42. The van der Waals surface area contributed by atoms with E-state index in [0.29, 0.717) is 12.1 Å². The van der Waals surface area contributed by atoms with Crippen LogP contribution in [0.25, 0.3) is 0 Å². The molecule has 21 heavy (non-hydrogen) atoms. The molecule has 0 radical (unpaired) electrons. The first kappa shape index (κ1) is 15.1. The number of benzene rings is 1. The van der Waals surface area contributed by atoms with Gasteiger partial charge in [-0.3, -0.25) is 4.90 Å². The molecular weight excluding hydrogens is 256 g/mol. The lowest BCUT2D eigenvalue weighted by atomic mass is 9.87. The van der Waals surface area contributed by atoms with Crippen LogP contribution < -0.4 is 5.32 Å². The lowest BCUT2D eigenvalue weighted by molar-refractivity contribution is 0.0981. The van der Waals surface area contributed by atoms with E-state index in [2.05, 4.69) is 47.5 Å². The summed E-state index contributed by atoms with van der Waals surface area (Å²) in [4.78, 5) is 2.77. The van der Waals surface area contributed by atoms with Crippen LogP contribution in [0.3, 0.4) is 0 Å². The molecule has 1 N–H and O–H groups in total. The normalized spacial score (nSPS) is 28.6. The number of hydrogen-bond donors (Lipinski definition) is 1. The van der Waals surface area contributed by atoms with Crippen LogP contribution in [-0.4, -0.2) is 30.6 Å². The highest BCUT2D eigenvalue weighted by Crippen LogP contribution is 2.30. The predicted octanol–water partition coefficient (Wildman–Crippen LogP) is 3.99. The summed E-state index contributed by atoms with van der Waals surface area (Å²) in [5.74, 6) is 0.931. The summed E-state index contributed by atoms with van der Waals surface area (Å²) in [6, 6.07) is 12.3. The van der Waals surface area contributed by atoms with Crippen molar-refractivity contribution in [2.24, 2.45) is 5.92 Å². The van der Waals surface area contributed by atoms with Gasteiger partial charge < -0.3 is 5.32 Å². The standard InChI is InChI=1S/C19H30N2/c1-2-18-15-21(14-16-9-5-3-6-10-16)19(13-20-18)17-11-7-4-8-12-17/h4,7-8,11-12,16,18-20H,2-3,5-6,9-10,13-15H2,1H3. The third kappa shape index (κ3) is 3.87. The first-order valence-corrected chi connectivity index (χ1v) is 8.89. The van der Waals surface area contributed by atoms with E-state index in [1.807, 2.05) is 0 Å². The van der Waals surface area contributed by atoms with E-state index in [9.17, 15) is 0 Å². The zero-order valence-electron chi connectivity index (χ0n) is 13.4.